The minimum Gasteiger partial charge on any atom is -0.436 e. The first-order valence-electron chi connectivity index (χ1n) is 6.10. The smallest absolute Gasteiger partial charge is 0.227 e. The maximum atomic E-state index is 5.83. The average molecular weight is 246 g/mol. The van der Waals surface area contributed by atoms with E-state index in [9.17, 15) is 0 Å². The van der Waals surface area contributed by atoms with Gasteiger partial charge in [0.1, 0.15) is 5.52 Å². The maximum absolute atomic E-state index is 5.83. The number of aromatic nitrogens is 2. The number of oxazole rings is 1. The molecule has 2 heterocycles. The van der Waals surface area contributed by atoms with Gasteiger partial charge >= 0.3 is 0 Å². The van der Waals surface area contributed by atoms with Crippen LogP contribution < -0.4 is 0 Å². The summed E-state index contributed by atoms with van der Waals surface area (Å²) in [6, 6.07) is 15.8. The molecule has 0 aliphatic carbocycles. The first-order chi connectivity index (χ1) is 9.42. The number of rotatable bonds is 1. The second kappa shape index (κ2) is 3.92. The van der Waals surface area contributed by atoms with Gasteiger partial charge in [-0.2, -0.15) is 0 Å². The Bertz CT molecular complexity index is 842. The van der Waals surface area contributed by atoms with Crippen LogP contribution >= 0.6 is 0 Å². The standard InChI is InChI=1S/C16H10N2O/c1-2-7-15-14(6-1)18-16(19-15)13-5-3-4-11-10-17-9-8-12(11)13/h1-10H. The first kappa shape index (κ1) is 10.3. The van der Waals surface area contributed by atoms with Gasteiger partial charge < -0.3 is 4.42 Å². The van der Waals surface area contributed by atoms with Crippen LogP contribution in [0, 0.1) is 0 Å². The highest BCUT2D eigenvalue weighted by Gasteiger charge is 2.10. The fraction of sp³-hybridized carbons (Fsp3) is 0. The molecule has 19 heavy (non-hydrogen) atoms. The number of benzene rings is 2. The highest BCUT2D eigenvalue weighted by molar-refractivity contribution is 5.95. The molecule has 0 amide bonds. The predicted octanol–water partition coefficient (Wildman–Crippen LogP) is 4.04. The molecule has 0 bridgehead atoms. The summed E-state index contributed by atoms with van der Waals surface area (Å²) >= 11 is 0. The maximum Gasteiger partial charge on any atom is 0.227 e. The SMILES string of the molecule is c1cc(-c2nc3ccccc3o2)c2ccncc2c1. The number of hydrogen-bond donors (Lipinski definition) is 0. The van der Waals surface area contributed by atoms with Crippen molar-refractivity contribution < 1.29 is 4.42 Å². The van der Waals surface area contributed by atoms with Crippen molar-refractivity contribution in [2.45, 2.75) is 0 Å². The number of hydrogen-bond acceptors (Lipinski definition) is 3. The van der Waals surface area contributed by atoms with Crippen molar-refractivity contribution in [1.29, 1.82) is 0 Å². The monoisotopic (exact) mass is 246 g/mol. The minimum atomic E-state index is 0.651. The van der Waals surface area contributed by atoms with Crippen molar-refractivity contribution in [2.75, 3.05) is 0 Å². The third kappa shape index (κ3) is 1.59. The first-order valence-corrected chi connectivity index (χ1v) is 6.10. The lowest BCUT2D eigenvalue weighted by Gasteiger charge is -2.01. The van der Waals surface area contributed by atoms with Crippen molar-refractivity contribution in [1.82, 2.24) is 9.97 Å². The number of para-hydroxylation sites is 2. The van der Waals surface area contributed by atoms with Crippen LogP contribution in [-0.4, -0.2) is 9.97 Å². The largest absolute Gasteiger partial charge is 0.436 e. The molecule has 0 N–H and O–H groups in total. The molecule has 4 aromatic rings. The Hall–Kier alpha value is -2.68. The van der Waals surface area contributed by atoms with E-state index in [1.807, 2.05) is 54.7 Å². The third-order valence-corrected chi connectivity index (χ3v) is 3.21. The van der Waals surface area contributed by atoms with Gasteiger partial charge in [0, 0.05) is 23.3 Å². The molecule has 4 rings (SSSR count). The summed E-state index contributed by atoms with van der Waals surface area (Å²) in [6.45, 7) is 0. The molecule has 0 fully saturated rings. The Balaban J connectivity index is 2.03. The molecule has 0 aliphatic heterocycles. The van der Waals surface area contributed by atoms with Gasteiger partial charge in [0.15, 0.2) is 5.58 Å². The second-order valence-corrected chi connectivity index (χ2v) is 4.39. The van der Waals surface area contributed by atoms with Crippen LogP contribution in [0.25, 0.3) is 33.3 Å². The van der Waals surface area contributed by atoms with Crippen LogP contribution in [-0.2, 0) is 0 Å². The molecule has 0 saturated carbocycles. The van der Waals surface area contributed by atoms with Crippen LogP contribution in [0.5, 0.6) is 0 Å². The summed E-state index contributed by atoms with van der Waals surface area (Å²) in [5.41, 5.74) is 2.68. The van der Waals surface area contributed by atoms with Crippen molar-refractivity contribution in [3.8, 4) is 11.5 Å². The number of pyridine rings is 1. The van der Waals surface area contributed by atoms with Gasteiger partial charge in [0.05, 0.1) is 0 Å². The summed E-state index contributed by atoms with van der Waals surface area (Å²) in [5.74, 6) is 0.651. The molecule has 90 valence electrons. The fourth-order valence-corrected chi connectivity index (χ4v) is 2.30. The molecule has 2 aromatic heterocycles. The summed E-state index contributed by atoms with van der Waals surface area (Å²) in [4.78, 5) is 8.69. The number of nitrogens with zero attached hydrogens (tertiary/aromatic N) is 2. The zero-order valence-corrected chi connectivity index (χ0v) is 10.1. The third-order valence-electron chi connectivity index (χ3n) is 3.21. The van der Waals surface area contributed by atoms with Crippen molar-refractivity contribution >= 4 is 21.9 Å². The lowest BCUT2D eigenvalue weighted by atomic mass is 10.1. The molecule has 0 aliphatic rings. The Morgan fingerprint density at radius 1 is 0.895 bits per heavy atom. The molecular formula is C16H10N2O. The van der Waals surface area contributed by atoms with Crippen LogP contribution in [0.15, 0.2) is 65.3 Å². The Morgan fingerprint density at radius 2 is 1.84 bits per heavy atom. The Morgan fingerprint density at radius 3 is 2.79 bits per heavy atom. The fourth-order valence-electron chi connectivity index (χ4n) is 2.30. The van der Waals surface area contributed by atoms with E-state index < -0.39 is 0 Å². The van der Waals surface area contributed by atoms with Crippen LogP contribution in [0.3, 0.4) is 0 Å². The highest BCUT2D eigenvalue weighted by Crippen LogP contribution is 2.29. The summed E-state index contributed by atoms with van der Waals surface area (Å²) < 4.78 is 5.83. The normalized spacial score (nSPS) is 11.2. The van der Waals surface area contributed by atoms with Crippen LogP contribution in [0.2, 0.25) is 0 Å². The van der Waals surface area contributed by atoms with E-state index in [2.05, 4.69) is 9.97 Å². The van der Waals surface area contributed by atoms with E-state index in [-0.39, 0.29) is 0 Å². The quantitative estimate of drug-likeness (QED) is 0.508. The van der Waals surface area contributed by atoms with Gasteiger partial charge in [-0.15, -0.1) is 0 Å². The molecule has 3 heteroatoms. The van der Waals surface area contributed by atoms with Crippen LogP contribution in [0.1, 0.15) is 0 Å². The zero-order valence-electron chi connectivity index (χ0n) is 10.1. The highest BCUT2D eigenvalue weighted by atomic mass is 16.3. The van der Waals surface area contributed by atoms with Gasteiger partial charge in [-0.3, -0.25) is 4.98 Å². The summed E-state index contributed by atoms with van der Waals surface area (Å²) in [6.07, 6.45) is 3.63. The van der Waals surface area contributed by atoms with E-state index >= 15 is 0 Å². The molecule has 0 unspecified atom stereocenters. The van der Waals surface area contributed by atoms with E-state index in [0.717, 1.165) is 27.4 Å². The van der Waals surface area contributed by atoms with Crippen molar-refractivity contribution in [2.24, 2.45) is 0 Å². The summed E-state index contributed by atoms with van der Waals surface area (Å²) in [7, 11) is 0. The topological polar surface area (TPSA) is 38.9 Å². The van der Waals surface area contributed by atoms with E-state index in [0.29, 0.717) is 5.89 Å². The molecule has 0 atom stereocenters. The minimum absolute atomic E-state index is 0.651. The van der Waals surface area contributed by atoms with Gasteiger partial charge in [0.25, 0.3) is 0 Å². The molecule has 0 spiro atoms. The Kier molecular flexibility index (Phi) is 2.12. The lowest BCUT2D eigenvalue weighted by Crippen LogP contribution is -1.81. The Labute approximate surface area is 109 Å². The average Bonchev–Trinajstić information content (AvgIpc) is 2.90. The number of fused-ring (bicyclic) bond motifs is 2. The van der Waals surface area contributed by atoms with Gasteiger partial charge in [-0.25, -0.2) is 4.98 Å². The lowest BCUT2D eigenvalue weighted by molar-refractivity contribution is 0.620. The van der Waals surface area contributed by atoms with E-state index in [1.54, 1.807) is 6.20 Å². The van der Waals surface area contributed by atoms with Gasteiger partial charge in [-0.1, -0.05) is 24.3 Å². The molecular weight excluding hydrogens is 236 g/mol. The van der Waals surface area contributed by atoms with E-state index in [4.69, 9.17) is 4.42 Å². The van der Waals surface area contributed by atoms with Gasteiger partial charge in [0.2, 0.25) is 5.89 Å². The van der Waals surface area contributed by atoms with Gasteiger partial charge in [-0.05, 0) is 29.7 Å². The predicted molar refractivity (Wildman–Crippen MR) is 74.7 cm³/mol. The zero-order chi connectivity index (χ0) is 12.7. The molecule has 3 nitrogen and oxygen atoms in total. The molecule has 2 aromatic carbocycles. The van der Waals surface area contributed by atoms with Crippen molar-refractivity contribution in [3.05, 3.63) is 60.9 Å². The van der Waals surface area contributed by atoms with Crippen LogP contribution in [0.4, 0.5) is 0 Å². The van der Waals surface area contributed by atoms with Crippen molar-refractivity contribution in [3.63, 3.8) is 0 Å². The molecule has 0 saturated heterocycles. The van der Waals surface area contributed by atoms with E-state index in [1.165, 1.54) is 0 Å². The summed E-state index contributed by atoms with van der Waals surface area (Å²) in [5, 5.41) is 2.19. The molecule has 0 radical (unpaired) electrons. The second-order valence-electron chi connectivity index (χ2n) is 4.39.